The lowest BCUT2D eigenvalue weighted by Gasteiger charge is -2.17. The fraction of sp³-hybridized carbons (Fsp3) is 0.636. The predicted molar refractivity (Wildman–Crippen MR) is 61.1 cm³/mol. The van der Waals surface area contributed by atoms with Gasteiger partial charge in [0.25, 0.3) is 0 Å². The second-order valence-corrected chi connectivity index (χ2v) is 3.66. The van der Waals surface area contributed by atoms with Gasteiger partial charge in [0.2, 0.25) is 0 Å². The third-order valence-corrected chi connectivity index (χ3v) is 2.43. The maximum Gasteiger partial charge on any atom is 0.324 e. The molecule has 0 aliphatic heterocycles. The highest BCUT2D eigenvalue weighted by atomic mass is 16.5. The molecular weight excluding hydrogens is 206 g/mol. The molecule has 1 N–H and O–H groups in total. The van der Waals surface area contributed by atoms with Crippen molar-refractivity contribution < 1.29 is 9.53 Å². The molecule has 0 aromatic carbocycles. The Morgan fingerprint density at radius 3 is 2.94 bits per heavy atom. The molecule has 1 aromatic rings. The number of imidazole rings is 1. The molecule has 90 valence electrons. The highest BCUT2D eigenvalue weighted by Crippen LogP contribution is 2.00. The monoisotopic (exact) mass is 225 g/mol. The van der Waals surface area contributed by atoms with E-state index in [0.717, 1.165) is 18.8 Å². The molecule has 0 radical (unpaired) electrons. The summed E-state index contributed by atoms with van der Waals surface area (Å²) in [5.41, 5.74) is 0. The summed E-state index contributed by atoms with van der Waals surface area (Å²) in [7, 11) is 1.41. The van der Waals surface area contributed by atoms with Gasteiger partial charge in [-0.25, -0.2) is 4.98 Å². The van der Waals surface area contributed by atoms with Crippen molar-refractivity contribution in [2.24, 2.45) is 0 Å². The van der Waals surface area contributed by atoms with Gasteiger partial charge in [-0.2, -0.15) is 0 Å². The second-order valence-electron chi connectivity index (χ2n) is 3.66. The number of ether oxygens (including phenoxy) is 1. The molecule has 5 nitrogen and oxygen atoms in total. The number of carbonyl (C=O) groups is 1. The molecule has 0 spiro atoms. The molecule has 0 amide bonds. The van der Waals surface area contributed by atoms with E-state index in [1.807, 2.05) is 17.7 Å². The fourth-order valence-electron chi connectivity index (χ4n) is 1.48. The Morgan fingerprint density at radius 1 is 1.69 bits per heavy atom. The molecule has 0 bridgehead atoms. The van der Waals surface area contributed by atoms with Gasteiger partial charge in [-0.15, -0.1) is 0 Å². The largest absolute Gasteiger partial charge is 0.468 e. The Bertz CT molecular complexity index is 336. The topological polar surface area (TPSA) is 56.2 Å². The van der Waals surface area contributed by atoms with Gasteiger partial charge < -0.3 is 14.6 Å². The highest BCUT2D eigenvalue weighted by molar-refractivity contribution is 5.75. The molecule has 5 heteroatoms. The molecule has 1 unspecified atom stereocenters. The zero-order valence-electron chi connectivity index (χ0n) is 10.1. The zero-order chi connectivity index (χ0) is 12.0. The first-order valence-electron chi connectivity index (χ1n) is 5.48. The van der Waals surface area contributed by atoms with Crippen LogP contribution in [-0.4, -0.2) is 35.2 Å². The molecule has 16 heavy (non-hydrogen) atoms. The number of methoxy groups -OCH3 is 1. The van der Waals surface area contributed by atoms with Crippen LogP contribution in [0.5, 0.6) is 0 Å². The Labute approximate surface area is 95.8 Å². The first-order valence-corrected chi connectivity index (χ1v) is 5.48. The average Bonchev–Trinajstić information content (AvgIpc) is 2.69. The van der Waals surface area contributed by atoms with Crippen LogP contribution >= 0.6 is 0 Å². The van der Waals surface area contributed by atoms with E-state index in [1.54, 1.807) is 6.20 Å². The average molecular weight is 225 g/mol. The van der Waals surface area contributed by atoms with Crippen LogP contribution in [0.25, 0.3) is 0 Å². The number of carbonyl (C=O) groups excluding carboxylic acids is 1. The van der Waals surface area contributed by atoms with Crippen LogP contribution in [0.3, 0.4) is 0 Å². The number of hydrogen-bond acceptors (Lipinski definition) is 4. The normalized spacial score (nSPS) is 12.4. The van der Waals surface area contributed by atoms with E-state index in [-0.39, 0.29) is 12.0 Å². The molecule has 0 saturated carbocycles. The number of aryl methyl sites for hydroxylation is 1. The number of nitrogens with zero attached hydrogens (tertiary/aromatic N) is 2. The number of nitrogens with one attached hydrogen (secondary N) is 1. The molecule has 1 heterocycles. The van der Waals surface area contributed by atoms with Gasteiger partial charge in [0.15, 0.2) is 0 Å². The summed E-state index contributed by atoms with van der Waals surface area (Å²) in [6.07, 6.45) is 4.57. The van der Waals surface area contributed by atoms with E-state index in [2.05, 4.69) is 17.2 Å². The van der Waals surface area contributed by atoms with Crippen LogP contribution in [0.4, 0.5) is 0 Å². The van der Waals surface area contributed by atoms with Crippen LogP contribution in [0.1, 0.15) is 19.2 Å². The van der Waals surface area contributed by atoms with Crippen molar-refractivity contribution in [2.45, 2.75) is 32.9 Å². The van der Waals surface area contributed by atoms with E-state index < -0.39 is 0 Å². The number of aromatic nitrogens is 2. The Kier molecular flexibility index (Phi) is 4.98. The Morgan fingerprint density at radius 2 is 2.44 bits per heavy atom. The van der Waals surface area contributed by atoms with Crippen LogP contribution in [0.2, 0.25) is 0 Å². The first kappa shape index (κ1) is 12.7. The van der Waals surface area contributed by atoms with E-state index in [1.165, 1.54) is 7.11 Å². The second kappa shape index (κ2) is 6.27. The highest BCUT2D eigenvalue weighted by Gasteiger charge is 2.19. The van der Waals surface area contributed by atoms with Crippen molar-refractivity contribution in [3.8, 4) is 0 Å². The van der Waals surface area contributed by atoms with Crippen LogP contribution in [0, 0.1) is 6.92 Å². The first-order chi connectivity index (χ1) is 7.69. The van der Waals surface area contributed by atoms with Gasteiger partial charge in [0, 0.05) is 18.9 Å². The van der Waals surface area contributed by atoms with Crippen molar-refractivity contribution in [3.05, 3.63) is 18.2 Å². The maximum atomic E-state index is 11.5. The molecular formula is C11H19N3O2. The summed E-state index contributed by atoms with van der Waals surface area (Å²) >= 11 is 0. The maximum absolute atomic E-state index is 11.5. The van der Waals surface area contributed by atoms with Gasteiger partial charge in [-0.05, 0) is 19.9 Å². The van der Waals surface area contributed by atoms with Crippen LogP contribution in [-0.2, 0) is 16.1 Å². The molecule has 1 atom stereocenters. The SMILES string of the molecule is CCCNC(Cn1ccnc1C)C(=O)OC. The van der Waals surface area contributed by atoms with Crippen LogP contribution in [0.15, 0.2) is 12.4 Å². The van der Waals surface area contributed by atoms with Gasteiger partial charge >= 0.3 is 5.97 Å². The molecule has 0 fully saturated rings. The van der Waals surface area contributed by atoms with Gasteiger partial charge in [-0.1, -0.05) is 6.92 Å². The summed E-state index contributed by atoms with van der Waals surface area (Å²) in [5.74, 6) is 0.661. The molecule has 0 aliphatic carbocycles. The van der Waals surface area contributed by atoms with Crippen molar-refractivity contribution in [1.82, 2.24) is 14.9 Å². The van der Waals surface area contributed by atoms with E-state index in [9.17, 15) is 4.79 Å². The summed E-state index contributed by atoms with van der Waals surface area (Å²) in [4.78, 5) is 15.7. The molecule has 0 aliphatic rings. The zero-order valence-corrected chi connectivity index (χ0v) is 10.1. The lowest BCUT2D eigenvalue weighted by atomic mass is 10.2. The lowest BCUT2D eigenvalue weighted by molar-refractivity contribution is -0.143. The number of esters is 1. The fourth-order valence-corrected chi connectivity index (χ4v) is 1.48. The van der Waals surface area contributed by atoms with Crippen molar-refractivity contribution >= 4 is 5.97 Å². The smallest absolute Gasteiger partial charge is 0.324 e. The standard InChI is InChI=1S/C11H19N3O2/c1-4-5-13-10(11(15)16-3)8-14-7-6-12-9(14)2/h6-7,10,13H,4-5,8H2,1-3H3. The van der Waals surface area contributed by atoms with E-state index in [0.29, 0.717) is 6.54 Å². The van der Waals surface area contributed by atoms with Crippen LogP contribution < -0.4 is 5.32 Å². The van der Waals surface area contributed by atoms with Crippen molar-refractivity contribution in [2.75, 3.05) is 13.7 Å². The molecule has 1 aromatic heterocycles. The summed E-state index contributed by atoms with van der Waals surface area (Å²) in [6, 6.07) is -0.308. The van der Waals surface area contributed by atoms with E-state index in [4.69, 9.17) is 4.74 Å². The molecule has 0 saturated heterocycles. The summed E-state index contributed by atoms with van der Waals surface area (Å²) in [5, 5.41) is 3.16. The summed E-state index contributed by atoms with van der Waals surface area (Å²) < 4.78 is 6.70. The molecule has 1 rings (SSSR count). The minimum absolute atomic E-state index is 0.235. The number of hydrogen-bond donors (Lipinski definition) is 1. The van der Waals surface area contributed by atoms with Crippen molar-refractivity contribution in [3.63, 3.8) is 0 Å². The quantitative estimate of drug-likeness (QED) is 0.725. The predicted octanol–water partition coefficient (Wildman–Crippen LogP) is 0.733. The number of rotatable bonds is 6. The van der Waals surface area contributed by atoms with Gasteiger partial charge in [0.05, 0.1) is 7.11 Å². The van der Waals surface area contributed by atoms with Gasteiger partial charge in [0.1, 0.15) is 11.9 Å². The Balaban J connectivity index is 2.63. The van der Waals surface area contributed by atoms with Crippen molar-refractivity contribution in [1.29, 1.82) is 0 Å². The summed E-state index contributed by atoms with van der Waals surface area (Å²) in [6.45, 7) is 5.32. The van der Waals surface area contributed by atoms with Gasteiger partial charge in [-0.3, -0.25) is 4.79 Å². The minimum Gasteiger partial charge on any atom is -0.468 e. The Hall–Kier alpha value is -1.36. The van der Waals surface area contributed by atoms with E-state index >= 15 is 0 Å². The third kappa shape index (κ3) is 3.34. The third-order valence-electron chi connectivity index (χ3n) is 2.43. The lowest BCUT2D eigenvalue weighted by Crippen LogP contribution is -2.41. The minimum atomic E-state index is -0.308.